The molecule has 1 saturated carbocycles. The van der Waals surface area contributed by atoms with Crippen molar-refractivity contribution in [3.8, 4) is 0 Å². The SMILES string of the molecule is CCC1(CC)CCC1.Cl. The van der Waals surface area contributed by atoms with Crippen LogP contribution in [0, 0.1) is 5.41 Å². The molecule has 0 amide bonds. The lowest BCUT2D eigenvalue weighted by atomic mass is 9.65. The monoisotopic (exact) mass is 148 g/mol. The highest BCUT2D eigenvalue weighted by Crippen LogP contribution is 2.46. The van der Waals surface area contributed by atoms with Crippen molar-refractivity contribution in [3.05, 3.63) is 0 Å². The van der Waals surface area contributed by atoms with E-state index in [0.717, 1.165) is 5.41 Å². The van der Waals surface area contributed by atoms with Crippen LogP contribution in [0.2, 0.25) is 0 Å². The Labute approximate surface area is 64.4 Å². The molecule has 0 aromatic heterocycles. The van der Waals surface area contributed by atoms with E-state index < -0.39 is 0 Å². The third-order valence-corrected chi connectivity index (χ3v) is 2.91. The molecular formula is C8H17Cl. The van der Waals surface area contributed by atoms with Gasteiger partial charge in [0.2, 0.25) is 0 Å². The first kappa shape index (κ1) is 9.29. The minimum Gasteiger partial charge on any atom is -0.147 e. The van der Waals surface area contributed by atoms with Gasteiger partial charge in [-0.3, -0.25) is 0 Å². The first-order valence-electron chi connectivity index (χ1n) is 3.83. The normalized spacial score (nSPS) is 22.0. The van der Waals surface area contributed by atoms with Crippen molar-refractivity contribution in [3.63, 3.8) is 0 Å². The van der Waals surface area contributed by atoms with E-state index in [1.807, 2.05) is 0 Å². The van der Waals surface area contributed by atoms with Gasteiger partial charge in [0.05, 0.1) is 0 Å². The quantitative estimate of drug-likeness (QED) is 0.563. The lowest BCUT2D eigenvalue weighted by molar-refractivity contribution is 0.121. The predicted octanol–water partition coefficient (Wildman–Crippen LogP) is 3.40. The van der Waals surface area contributed by atoms with Crippen LogP contribution in [0.15, 0.2) is 0 Å². The van der Waals surface area contributed by atoms with E-state index in [-0.39, 0.29) is 12.4 Å². The average molecular weight is 149 g/mol. The van der Waals surface area contributed by atoms with Crippen molar-refractivity contribution >= 4 is 12.4 Å². The van der Waals surface area contributed by atoms with E-state index in [9.17, 15) is 0 Å². The number of hydrogen-bond acceptors (Lipinski definition) is 0. The van der Waals surface area contributed by atoms with Gasteiger partial charge in [-0.2, -0.15) is 0 Å². The van der Waals surface area contributed by atoms with Gasteiger partial charge in [0.15, 0.2) is 0 Å². The molecule has 0 atom stereocenters. The van der Waals surface area contributed by atoms with Crippen molar-refractivity contribution in [2.45, 2.75) is 46.0 Å². The minimum absolute atomic E-state index is 0. The summed E-state index contributed by atoms with van der Waals surface area (Å²) in [5.41, 5.74) is 0.806. The minimum atomic E-state index is 0. The zero-order valence-corrected chi connectivity index (χ0v) is 7.26. The first-order chi connectivity index (χ1) is 3.83. The number of halogens is 1. The Kier molecular flexibility index (Phi) is 3.57. The molecule has 0 spiro atoms. The van der Waals surface area contributed by atoms with Crippen molar-refractivity contribution in [2.75, 3.05) is 0 Å². The second-order valence-corrected chi connectivity index (χ2v) is 3.06. The van der Waals surface area contributed by atoms with E-state index in [4.69, 9.17) is 0 Å². The lowest BCUT2D eigenvalue weighted by Crippen LogP contribution is -2.27. The molecule has 9 heavy (non-hydrogen) atoms. The number of rotatable bonds is 2. The Morgan fingerprint density at radius 1 is 1.11 bits per heavy atom. The van der Waals surface area contributed by atoms with Gasteiger partial charge >= 0.3 is 0 Å². The second kappa shape index (κ2) is 3.46. The van der Waals surface area contributed by atoms with E-state index in [2.05, 4.69) is 13.8 Å². The van der Waals surface area contributed by atoms with Crippen LogP contribution in [0.1, 0.15) is 46.0 Å². The topological polar surface area (TPSA) is 0 Å². The fourth-order valence-corrected chi connectivity index (χ4v) is 1.63. The highest BCUT2D eigenvalue weighted by molar-refractivity contribution is 5.85. The van der Waals surface area contributed by atoms with Crippen LogP contribution >= 0.6 is 12.4 Å². The Balaban J connectivity index is 0.000000640. The Hall–Kier alpha value is 0.290. The fraction of sp³-hybridized carbons (Fsp3) is 1.00. The second-order valence-electron chi connectivity index (χ2n) is 3.06. The first-order valence-corrected chi connectivity index (χ1v) is 3.83. The van der Waals surface area contributed by atoms with E-state index in [0.29, 0.717) is 0 Å². The zero-order chi connectivity index (χ0) is 6.04. The maximum absolute atomic E-state index is 2.32. The standard InChI is InChI=1S/C8H16.ClH/c1-3-8(4-2)6-5-7-8;/h3-7H2,1-2H3;1H. The summed E-state index contributed by atoms with van der Waals surface area (Å²) in [4.78, 5) is 0. The van der Waals surface area contributed by atoms with Gasteiger partial charge in [-0.15, -0.1) is 12.4 Å². The summed E-state index contributed by atoms with van der Waals surface area (Å²) in [6.45, 7) is 4.64. The van der Waals surface area contributed by atoms with Gasteiger partial charge in [0.1, 0.15) is 0 Å². The Bertz CT molecular complexity index is 61.1. The van der Waals surface area contributed by atoms with Crippen LogP contribution in [-0.4, -0.2) is 0 Å². The van der Waals surface area contributed by atoms with Gasteiger partial charge < -0.3 is 0 Å². The van der Waals surface area contributed by atoms with Gasteiger partial charge in [-0.25, -0.2) is 0 Å². The van der Waals surface area contributed by atoms with Crippen molar-refractivity contribution in [1.29, 1.82) is 0 Å². The maximum Gasteiger partial charge on any atom is -0.0303 e. The summed E-state index contributed by atoms with van der Waals surface area (Å²) in [6, 6.07) is 0. The van der Waals surface area contributed by atoms with Gasteiger partial charge in [0, 0.05) is 0 Å². The van der Waals surface area contributed by atoms with Crippen LogP contribution in [0.3, 0.4) is 0 Å². The third-order valence-electron chi connectivity index (χ3n) is 2.91. The van der Waals surface area contributed by atoms with Gasteiger partial charge in [-0.05, 0) is 18.3 Å². The molecular weight excluding hydrogens is 132 g/mol. The summed E-state index contributed by atoms with van der Waals surface area (Å²) >= 11 is 0. The van der Waals surface area contributed by atoms with Crippen molar-refractivity contribution in [1.82, 2.24) is 0 Å². The maximum atomic E-state index is 2.32. The average Bonchev–Trinajstić information content (AvgIpc) is 1.67. The molecule has 1 aliphatic carbocycles. The smallest absolute Gasteiger partial charge is 0.0303 e. The van der Waals surface area contributed by atoms with Gasteiger partial charge in [0.25, 0.3) is 0 Å². The largest absolute Gasteiger partial charge is 0.147 e. The van der Waals surface area contributed by atoms with Crippen molar-refractivity contribution in [2.24, 2.45) is 5.41 Å². The molecule has 1 aliphatic rings. The molecule has 0 saturated heterocycles. The molecule has 1 rings (SSSR count). The molecule has 0 radical (unpaired) electrons. The molecule has 0 aliphatic heterocycles. The Morgan fingerprint density at radius 2 is 1.56 bits per heavy atom. The lowest BCUT2D eigenvalue weighted by Gasteiger charge is -2.40. The summed E-state index contributed by atoms with van der Waals surface area (Å²) in [5.74, 6) is 0. The molecule has 1 heteroatoms. The van der Waals surface area contributed by atoms with Crippen LogP contribution in [0.5, 0.6) is 0 Å². The highest BCUT2D eigenvalue weighted by Gasteiger charge is 2.32. The Morgan fingerprint density at radius 3 is 1.56 bits per heavy atom. The van der Waals surface area contributed by atoms with Gasteiger partial charge in [-0.1, -0.05) is 33.1 Å². The summed E-state index contributed by atoms with van der Waals surface area (Å²) < 4.78 is 0. The molecule has 0 aromatic rings. The molecule has 0 nitrogen and oxygen atoms in total. The van der Waals surface area contributed by atoms with Crippen LogP contribution in [0.25, 0.3) is 0 Å². The summed E-state index contributed by atoms with van der Waals surface area (Å²) in [6.07, 6.45) is 7.30. The summed E-state index contributed by atoms with van der Waals surface area (Å²) in [5, 5.41) is 0. The van der Waals surface area contributed by atoms with Crippen LogP contribution < -0.4 is 0 Å². The van der Waals surface area contributed by atoms with Crippen LogP contribution in [-0.2, 0) is 0 Å². The van der Waals surface area contributed by atoms with E-state index in [1.54, 1.807) is 0 Å². The molecule has 1 fully saturated rings. The van der Waals surface area contributed by atoms with E-state index >= 15 is 0 Å². The van der Waals surface area contributed by atoms with Crippen LogP contribution in [0.4, 0.5) is 0 Å². The molecule has 0 N–H and O–H groups in total. The molecule has 0 bridgehead atoms. The molecule has 0 heterocycles. The highest BCUT2D eigenvalue weighted by atomic mass is 35.5. The third kappa shape index (κ3) is 1.61. The molecule has 0 unspecified atom stereocenters. The molecule has 56 valence electrons. The fourth-order valence-electron chi connectivity index (χ4n) is 1.63. The van der Waals surface area contributed by atoms with E-state index in [1.165, 1.54) is 32.1 Å². The van der Waals surface area contributed by atoms with Crippen molar-refractivity contribution < 1.29 is 0 Å². The predicted molar refractivity (Wildman–Crippen MR) is 44.1 cm³/mol. The zero-order valence-electron chi connectivity index (χ0n) is 6.44. The number of hydrogen-bond donors (Lipinski definition) is 0. The molecule has 0 aromatic carbocycles. The summed E-state index contributed by atoms with van der Waals surface area (Å²) in [7, 11) is 0.